The third-order valence-electron chi connectivity index (χ3n) is 4.19. The Hall–Kier alpha value is -1.15. The molecule has 2 atom stereocenters. The summed E-state index contributed by atoms with van der Waals surface area (Å²) in [6, 6.07) is 5.97. The number of nitrogens with zero attached hydrogens (tertiary/aromatic N) is 2. The van der Waals surface area contributed by atoms with Gasteiger partial charge in [-0.25, -0.2) is 8.42 Å². The average Bonchev–Trinajstić information content (AvgIpc) is 2.88. The maximum absolute atomic E-state index is 12.5. The Morgan fingerprint density at radius 3 is 2.52 bits per heavy atom. The van der Waals surface area contributed by atoms with E-state index in [4.69, 9.17) is 17.3 Å². The summed E-state index contributed by atoms with van der Waals surface area (Å²) in [5.41, 5.74) is 5.66. The summed E-state index contributed by atoms with van der Waals surface area (Å²) in [5, 5.41) is 0.460. The van der Waals surface area contributed by atoms with Gasteiger partial charge in [0.1, 0.15) is 0 Å². The Balaban J connectivity index is 2.07. The first kappa shape index (κ1) is 18.2. The number of likely N-dealkylation sites (tertiary alicyclic amines) is 1. The summed E-state index contributed by atoms with van der Waals surface area (Å²) in [6.45, 7) is 2.90. The van der Waals surface area contributed by atoms with Gasteiger partial charge in [0.2, 0.25) is 15.9 Å². The molecule has 8 heteroatoms. The molecule has 2 rings (SSSR count). The van der Waals surface area contributed by atoms with Crippen molar-refractivity contribution in [1.82, 2.24) is 9.21 Å². The molecular formula is C15H22ClN3O3S. The van der Waals surface area contributed by atoms with Crippen LogP contribution in [0.4, 0.5) is 0 Å². The van der Waals surface area contributed by atoms with E-state index in [1.165, 1.54) is 31.3 Å². The first-order valence-electron chi connectivity index (χ1n) is 7.47. The van der Waals surface area contributed by atoms with Crippen LogP contribution in [0.25, 0.3) is 0 Å². The lowest BCUT2D eigenvalue weighted by Gasteiger charge is -2.24. The van der Waals surface area contributed by atoms with Crippen LogP contribution >= 0.6 is 11.6 Å². The molecule has 1 fully saturated rings. The number of hydrogen-bond acceptors (Lipinski definition) is 4. The molecule has 2 unspecified atom stereocenters. The molecule has 6 nitrogen and oxygen atoms in total. The number of amides is 1. The fourth-order valence-corrected chi connectivity index (χ4v) is 4.06. The Labute approximate surface area is 142 Å². The standard InChI is InChI=1S/C15H22ClN3O3S/c1-11-7-12(8-17)9-19(11)15(20)10-18(2)23(21,22)14-5-3-13(16)4-6-14/h3-6,11-12H,7-10,17H2,1-2H3. The quantitative estimate of drug-likeness (QED) is 0.855. The van der Waals surface area contributed by atoms with Crippen molar-refractivity contribution >= 4 is 27.5 Å². The molecular weight excluding hydrogens is 338 g/mol. The first-order valence-corrected chi connectivity index (χ1v) is 9.29. The third kappa shape index (κ3) is 4.03. The van der Waals surface area contributed by atoms with Crippen molar-refractivity contribution < 1.29 is 13.2 Å². The zero-order chi connectivity index (χ0) is 17.2. The van der Waals surface area contributed by atoms with Crippen molar-refractivity contribution in [2.45, 2.75) is 24.3 Å². The summed E-state index contributed by atoms with van der Waals surface area (Å²) in [7, 11) is -2.31. The highest BCUT2D eigenvalue weighted by Gasteiger charge is 2.33. The molecule has 1 heterocycles. The number of carbonyl (C=O) groups is 1. The van der Waals surface area contributed by atoms with Crippen LogP contribution in [0.2, 0.25) is 5.02 Å². The number of benzene rings is 1. The van der Waals surface area contributed by atoms with Crippen molar-refractivity contribution in [3.05, 3.63) is 29.3 Å². The molecule has 128 valence electrons. The molecule has 1 aliphatic rings. The molecule has 0 radical (unpaired) electrons. The first-order chi connectivity index (χ1) is 10.8. The highest BCUT2D eigenvalue weighted by molar-refractivity contribution is 7.89. The van der Waals surface area contributed by atoms with Crippen molar-refractivity contribution in [2.24, 2.45) is 11.7 Å². The van der Waals surface area contributed by atoms with Crippen LogP contribution in [0.3, 0.4) is 0 Å². The highest BCUT2D eigenvalue weighted by atomic mass is 35.5. The van der Waals surface area contributed by atoms with Gasteiger partial charge in [-0.05, 0) is 50.1 Å². The minimum absolute atomic E-state index is 0.0858. The maximum atomic E-state index is 12.5. The van der Waals surface area contributed by atoms with Crippen molar-refractivity contribution in [3.63, 3.8) is 0 Å². The van der Waals surface area contributed by atoms with Crippen molar-refractivity contribution in [3.8, 4) is 0 Å². The van der Waals surface area contributed by atoms with Crippen LogP contribution in [0.15, 0.2) is 29.2 Å². The zero-order valence-electron chi connectivity index (χ0n) is 13.3. The molecule has 23 heavy (non-hydrogen) atoms. The number of hydrogen-bond donors (Lipinski definition) is 1. The number of halogens is 1. The van der Waals surface area contributed by atoms with Gasteiger partial charge in [0.25, 0.3) is 0 Å². The fraction of sp³-hybridized carbons (Fsp3) is 0.533. The molecule has 1 aromatic carbocycles. The maximum Gasteiger partial charge on any atom is 0.243 e. The number of rotatable bonds is 5. The minimum atomic E-state index is -3.71. The van der Waals surface area contributed by atoms with E-state index in [9.17, 15) is 13.2 Å². The van der Waals surface area contributed by atoms with Gasteiger partial charge < -0.3 is 10.6 Å². The van der Waals surface area contributed by atoms with Gasteiger partial charge in [-0.1, -0.05) is 11.6 Å². The molecule has 0 aliphatic carbocycles. The highest BCUT2D eigenvalue weighted by Crippen LogP contribution is 2.23. The van der Waals surface area contributed by atoms with Crippen LogP contribution in [0.5, 0.6) is 0 Å². The van der Waals surface area contributed by atoms with E-state index < -0.39 is 10.0 Å². The topological polar surface area (TPSA) is 83.7 Å². The summed E-state index contributed by atoms with van der Waals surface area (Å²) >= 11 is 5.78. The van der Waals surface area contributed by atoms with E-state index in [-0.39, 0.29) is 29.3 Å². The molecule has 1 saturated heterocycles. The molecule has 1 amide bonds. The normalized spacial score (nSPS) is 21.9. The number of nitrogens with two attached hydrogens (primary N) is 1. The summed E-state index contributed by atoms with van der Waals surface area (Å²) in [4.78, 5) is 14.2. The lowest BCUT2D eigenvalue weighted by Crippen LogP contribution is -2.42. The van der Waals surface area contributed by atoms with Gasteiger partial charge >= 0.3 is 0 Å². The average molecular weight is 360 g/mol. The Bertz CT molecular complexity index is 663. The van der Waals surface area contributed by atoms with Crippen LogP contribution in [0, 0.1) is 5.92 Å². The summed E-state index contributed by atoms with van der Waals surface area (Å²) < 4.78 is 26.0. The van der Waals surface area contributed by atoms with E-state index in [2.05, 4.69) is 0 Å². The second kappa shape index (κ2) is 7.17. The van der Waals surface area contributed by atoms with E-state index in [0.29, 0.717) is 18.1 Å². The Morgan fingerprint density at radius 1 is 1.39 bits per heavy atom. The molecule has 0 saturated carbocycles. The van der Waals surface area contributed by atoms with Crippen molar-refractivity contribution in [2.75, 3.05) is 26.7 Å². The smallest absolute Gasteiger partial charge is 0.243 e. The third-order valence-corrected chi connectivity index (χ3v) is 6.26. The number of carbonyl (C=O) groups excluding carboxylic acids is 1. The van der Waals surface area contributed by atoms with Crippen LogP contribution in [0.1, 0.15) is 13.3 Å². The number of likely N-dealkylation sites (N-methyl/N-ethyl adjacent to an activating group) is 1. The molecule has 1 aromatic rings. The Kier molecular flexibility index (Phi) is 5.67. The summed E-state index contributed by atoms with van der Waals surface area (Å²) in [5.74, 6) is 0.0839. The van der Waals surface area contributed by atoms with Gasteiger partial charge in [-0.2, -0.15) is 4.31 Å². The predicted octanol–water partition coefficient (Wildman–Crippen LogP) is 1.16. The minimum Gasteiger partial charge on any atom is -0.339 e. The van der Waals surface area contributed by atoms with Gasteiger partial charge in [0, 0.05) is 24.7 Å². The largest absolute Gasteiger partial charge is 0.339 e. The van der Waals surface area contributed by atoms with E-state index >= 15 is 0 Å². The number of sulfonamides is 1. The second-order valence-corrected chi connectivity index (χ2v) is 8.43. The zero-order valence-corrected chi connectivity index (χ0v) is 14.8. The lowest BCUT2D eigenvalue weighted by atomic mass is 10.1. The predicted molar refractivity (Wildman–Crippen MR) is 89.6 cm³/mol. The molecule has 0 aromatic heterocycles. The van der Waals surface area contributed by atoms with Crippen LogP contribution in [-0.4, -0.2) is 56.3 Å². The van der Waals surface area contributed by atoms with E-state index in [1.54, 1.807) is 4.90 Å². The van der Waals surface area contributed by atoms with Gasteiger partial charge in [-0.3, -0.25) is 4.79 Å². The lowest BCUT2D eigenvalue weighted by molar-refractivity contribution is -0.131. The van der Waals surface area contributed by atoms with E-state index in [1.807, 2.05) is 6.92 Å². The van der Waals surface area contributed by atoms with Crippen molar-refractivity contribution in [1.29, 1.82) is 0 Å². The molecule has 2 N–H and O–H groups in total. The van der Waals surface area contributed by atoms with E-state index in [0.717, 1.165) is 10.7 Å². The SMILES string of the molecule is CC1CC(CN)CN1C(=O)CN(C)S(=O)(=O)c1ccc(Cl)cc1. The van der Waals surface area contributed by atoms with Crippen LogP contribution < -0.4 is 5.73 Å². The van der Waals surface area contributed by atoms with Gasteiger partial charge in [-0.15, -0.1) is 0 Å². The Morgan fingerprint density at radius 2 is 2.00 bits per heavy atom. The second-order valence-electron chi connectivity index (χ2n) is 5.95. The monoisotopic (exact) mass is 359 g/mol. The fourth-order valence-electron chi connectivity index (χ4n) is 2.81. The van der Waals surface area contributed by atoms with Gasteiger partial charge in [0.15, 0.2) is 0 Å². The summed E-state index contributed by atoms with van der Waals surface area (Å²) in [6.07, 6.45) is 0.857. The molecule has 0 bridgehead atoms. The molecule has 0 spiro atoms. The van der Waals surface area contributed by atoms with Crippen LogP contribution in [-0.2, 0) is 14.8 Å². The molecule has 1 aliphatic heterocycles. The van der Waals surface area contributed by atoms with Gasteiger partial charge in [0.05, 0.1) is 11.4 Å².